The van der Waals surface area contributed by atoms with Gasteiger partial charge in [-0.15, -0.1) is 11.3 Å². The van der Waals surface area contributed by atoms with Crippen LogP contribution in [0.15, 0.2) is 58.7 Å². The molecule has 0 aliphatic heterocycles. The van der Waals surface area contributed by atoms with Crippen molar-refractivity contribution in [1.29, 1.82) is 10.5 Å². The van der Waals surface area contributed by atoms with Crippen LogP contribution in [0.25, 0.3) is 16.4 Å². The molecule has 0 saturated heterocycles. The van der Waals surface area contributed by atoms with E-state index in [0.29, 0.717) is 27.0 Å². The Bertz CT molecular complexity index is 1410. The van der Waals surface area contributed by atoms with Crippen LogP contribution in [0.3, 0.4) is 0 Å². The standard InChI is InChI=1S/C24H18ClN5O2S/c1-14-21(22(17(11-26)12-27)16-3-7-18(25)8-4-16)23(31)30(29-14)24-28-20(13-33-24)15-5-9-19(32-2)10-6-15/h3-10,13,17,22,29H,1-2H3. The van der Waals surface area contributed by atoms with Gasteiger partial charge in [0.2, 0.25) is 5.13 Å². The van der Waals surface area contributed by atoms with E-state index in [0.717, 1.165) is 17.0 Å². The normalized spacial score (nSPS) is 11.7. The minimum absolute atomic E-state index is 0.349. The van der Waals surface area contributed by atoms with Crippen LogP contribution in [-0.4, -0.2) is 21.9 Å². The minimum Gasteiger partial charge on any atom is -0.497 e. The van der Waals surface area contributed by atoms with E-state index < -0.39 is 11.8 Å². The first-order chi connectivity index (χ1) is 16.0. The minimum atomic E-state index is -1.05. The average Bonchev–Trinajstić information content (AvgIpc) is 3.43. The van der Waals surface area contributed by atoms with E-state index in [9.17, 15) is 15.3 Å². The smallest absolute Gasteiger partial charge is 0.277 e. The van der Waals surface area contributed by atoms with E-state index in [4.69, 9.17) is 16.3 Å². The highest BCUT2D eigenvalue weighted by Crippen LogP contribution is 2.33. The van der Waals surface area contributed by atoms with Gasteiger partial charge in [-0.05, 0) is 48.9 Å². The number of rotatable bonds is 6. The highest BCUT2D eigenvalue weighted by molar-refractivity contribution is 7.12. The number of hydrogen-bond donors (Lipinski definition) is 1. The van der Waals surface area contributed by atoms with Gasteiger partial charge < -0.3 is 4.74 Å². The first-order valence-corrected chi connectivity index (χ1v) is 11.2. The third kappa shape index (κ3) is 4.27. The first kappa shape index (κ1) is 22.3. The summed E-state index contributed by atoms with van der Waals surface area (Å²) in [5.74, 6) is -1.04. The van der Waals surface area contributed by atoms with Crippen LogP contribution in [-0.2, 0) is 0 Å². The monoisotopic (exact) mass is 475 g/mol. The molecule has 0 saturated carbocycles. The summed E-state index contributed by atoms with van der Waals surface area (Å²) in [7, 11) is 1.61. The van der Waals surface area contributed by atoms with Crippen LogP contribution in [0.5, 0.6) is 5.75 Å². The van der Waals surface area contributed by atoms with Gasteiger partial charge in [-0.2, -0.15) is 15.2 Å². The van der Waals surface area contributed by atoms with Gasteiger partial charge in [-0.3, -0.25) is 9.89 Å². The molecular formula is C24H18ClN5O2S. The molecule has 1 atom stereocenters. The van der Waals surface area contributed by atoms with E-state index in [-0.39, 0.29) is 5.56 Å². The van der Waals surface area contributed by atoms with Crippen LogP contribution in [0.1, 0.15) is 22.7 Å². The average molecular weight is 476 g/mol. The SMILES string of the molecule is COc1ccc(-c2csc(-n3[nH]c(C)c(C(c4ccc(Cl)cc4)C(C#N)C#N)c3=O)n2)cc1. The Kier molecular flexibility index (Phi) is 6.32. The molecular weight excluding hydrogens is 458 g/mol. The summed E-state index contributed by atoms with van der Waals surface area (Å²) >= 11 is 7.33. The molecule has 164 valence electrons. The molecule has 0 aliphatic rings. The third-order valence-corrected chi connectivity index (χ3v) is 6.42. The van der Waals surface area contributed by atoms with E-state index in [1.165, 1.54) is 16.0 Å². The van der Waals surface area contributed by atoms with Crippen LogP contribution in [0.4, 0.5) is 0 Å². The Balaban J connectivity index is 1.78. The fourth-order valence-corrected chi connectivity index (χ4v) is 4.61. The Labute approximate surface area is 199 Å². The molecule has 7 nitrogen and oxygen atoms in total. The molecule has 0 radical (unpaired) electrons. The molecule has 0 bridgehead atoms. The molecule has 1 N–H and O–H groups in total. The lowest BCUT2D eigenvalue weighted by Gasteiger charge is -2.17. The van der Waals surface area contributed by atoms with Gasteiger partial charge in [0.25, 0.3) is 5.56 Å². The molecule has 4 rings (SSSR count). The van der Waals surface area contributed by atoms with Crippen molar-refractivity contribution in [2.24, 2.45) is 5.92 Å². The number of nitriles is 2. The summed E-state index contributed by atoms with van der Waals surface area (Å²) in [6, 6.07) is 18.3. The van der Waals surface area contributed by atoms with Crippen molar-refractivity contribution < 1.29 is 4.74 Å². The number of ether oxygens (including phenoxy) is 1. The second-order valence-electron chi connectivity index (χ2n) is 7.30. The molecule has 0 amide bonds. The van der Waals surface area contributed by atoms with Gasteiger partial charge in [0.05, 0.1) is 24.9 Å². The lowest BCUT2D eigenvalue weighted by Crippen LogP contribution is -2.23. The van der Waals surface area contributed by atoms with Crippen LogP contribution < -0.4 is 10.3 Å². The Morgan fingerprint density at radius 1 is 1.12 bits per heavy atom. The summed E-state index contributed by atoms with van der Waals surface area (Å²) in [4.78, 5) is 18.1. The zero-order valence-electron chi connectivity index (χ0n) is 17.7. The molecule has 4 aromatic rings. The molecule has 1 unspecified atom stereocenters. The molecule has 2 aromatic heterocycles. The maximum absolute atomic E-state index is 13.5. The Hall–Kier alpha value is -3.85. The van der Waals surface area contributed by atoms with Crippen LogP contribution >= 0.6 is 22.9 Å². The number of halogens is 1. The maximum Gasteiger partial charge on any atom is 0.277 e. The van der Waals surface area contributed by atoms with E-state index in [2.05, 4.69) is 10.1 Å². The van der Waals surface area contributed by atoms with Crippen molar-refractivity contribution in [1.82, 2.24) is 14.8 Å². The zero-order chi connectivity index (χ0) is 23.5. The molecule has 0 aliphatic carbocycles. The van der Waals surface area contributed by atoms with E-state index >= 15 is 0 Å². The lowest BCUT2D eigenvalue weighted by atomic mass is 9.82. The number of methoxy groups -OCH3 is 1. The quantitative estimate of drug-likeness (QED) is 0.419. The Morgan fingerprint density at radius 2 is 1.79 bits per heavy atom. The Morgan fingerprint density at radius 3 is 2.39 bits per heavy atom. The van der Waals surface area contributed by atoms with Gasteiger partial charge >= 0.3 is 0 Å². The number of nitrogens with zero attached hydrogens (tertiary/aromatic N) is 4. The number of benzene rings is 2. The number of H-pyrrole nitrogens is 1. The fourth-order valence-electron chi connectivity index (χ4n) is 3.70. The molecule has 2 heterocycles. The van der Waals surface area contributed by atoms with Crippen molar-refractivity contribution >= 4 is 22.9 Å². The molecule has 9 heteroatoms. The van der Waals surface area contributed by atoms with Gasteiger partial charge in [-0.1, -0.05) is 23.7 Å². The summed E-state index contributed by atoms with van der Waals surface area (Å²) < 4.78 is 6.55. The number of thiazole rings is 1. The largest absolute Gasteiger partial charge is 0.497 e. The topological polar surface area (TPSA) is 107 Å². The highest BCUT2D eigenvalue weighted by Gasteiger charge is 2.31. The third-order valence-electron chi connectivity index (χ3n) is 5.34. The second kappa shape index (κ2) is 9.33. The molecule has 2 aromatic carbocycles. The summed E-state index contributed by atoms with van der Waals surface area (Å²) in [6.07, 6.45) is 0. The molecule has 0 spiro atoms. The number of hydrogen-bond acceptors (Lipinski definition) is 6. The number of aromatic nitrogens is 3. The predicted molar refractivity (Wildman–Crippen MR) is 127 cm³/mol. The lowest BCUT2D eigenvalue weighted by molar-refractivity contribution is 0.415. The van der Waals surface area contributed by atoms with Crippen LogP contribution in [0.2, 0.25) is 5.02 Å². The van der Waals surface area contributed by atoms with Gasteiger partial charge in [0.1, 0.15) is 11.7 Å². The van der Waals surface area contributed by atoms with Gasteiger partial charge in [0.15, 0.2) is 0 Å². The second-order valence-corrected chi connectivity index (χ2v) is 8.57. The summed E-state index contributed by atoms with van der Waals surface area (Å²) in [5, 5.41) is 25.1. The molecule has 33 heavy (non-hydrogen) atoms. The van der Waals surface area contributed by atoms with Crippen molar-refractivity contribution in [3.05, 3.63) is 86.1 Å². The number of nitrogens with one attached hydrogen (secondary N) is 1. The van der Waals surface area contributed by atoms with Gasteiger partial charge in [-0.25, -0.2) is 4.98 Å². The summed E-state index contributed by atoms with van der Waals surface area (Å²) in [6.45, 7) is 1.75. The van der Waals surface area contributed by atoms with Crippen molar-refractivity contribution in [2.45, 2.75) is 12.8 Å². The van der Waals surface area contributed by atoms with Crippen molar-refractivity contribution in [3.8, 4) is 34.3 Å². The summed E-state index contributed by atoms with van der Waals surface area (Å²) in [5.41, 5.74) is 2.85. The zero-order valence-corrected chi connectivity index (χ0v) is 19.3. The van der Waals surface area contributed by atoms with Crippen LogP contribution in [0, 0.1) is 35.5 Å². The number of aromatic amines is 1. The number of aryl methyl sites for hydroxylation is 1. The van der Waals surface area contributed by atoms with Crippen molar-refractivity contribution in [3.63, 3.8) is 0 Å². The maximum atomic E-state index is 13.5. The van der Waals surface area contributed by atoms with Crippen molar-refractivity contribution in [2.75, 3.05) is 7.11 Å². The first-order valence-electron chi connectivity index (χ1n) is 9.93. The fraction of sp³-hybridized carbons (Fsp3) is 0.167. The highest BCUT2D eigenvalue weighted by atomic mass is 35.5. The molecule has 0 fully saturated rings. The van der Waals surface area contributed by atoms with E-state index in [1.807, 2.05) is 41.8 Å². The van der Waals surface area contributed by atoms with Gasteiger partial charge in [0, 0.05) is 33.1 Å². The predicted octanol–water partition coefficient (Wildman–Crippen LogP) is 5.05. The van der Waals surface area contributed by atoms with E-state index in [1.54, 1.807) is 38.3 Å².